The van der Waals surface area contributed by atoms with Crippen molar-refractivity contribution in [1.29, 1.82) is 0 Å². The number of nitrogens with zero attached hydrogens (tertiary/aromatic N) is 2. The number of ether oxygens (including phenoxy) is 2. The number of pyridine rings is 1. The van der Waals surface area contributed by atoms with Crippen molar-refractivity contribution in [3.63, 3.8) is 0 Å². The van der Waals surface area contributed by atoms with Crippen LogP contribution < -0.4 is 20.1 Å². The zero-order chi connectivity index (χ0) is 17.9. The summed E-state index contributed by atoms with van der Waals surface area (Å²) in [6, 6.07) is 11.4. The third kappa shape index (κ3) is 6.33. The van der Waals surface area contributed by atoms with Crippen molar-refractivity contribution in [2.45, 2.75) is 26.8 Å². The molecule has 2 N–H and O–H groups in total. The monoisotopic (exact) mass is 342 g/mol. The SMILES string of the molecule is CCCNC(=NC)NCc1ccnc(Oc2ccc(OCC)cc2)c1. The van der Waals surface area contributed by atoms with E-state index in [4.69, 9.17) is 9.47 Å². The first kappa shape index (κ1) is 18.6. The number of aromatic nitrogens is 1. The third-order valence-corrected chi connectivity index (χ3v) is 3.38. The quantitative estimate of drug-likeness (QED) is 0.569. The van der Waals surface area contributed by atoms with Crippen LogP contribution in [0.25, 0.3) is 0 Å². The Labute approximate surface area is 149 Å². The van der Waals surface area contributed by atoms with Gasteiger partial charge in [-0.05, 0) is 49.2 Å². The maximum atomic E-state index is 5.81. The second-order valence-electron chi connectivity index (χ2n) is 5.36. The van der Waals surface area contributed by atoms with E-state index in [2.05, 4.69) is 27.5 Å². The minimum Gasteiger partial charge on any atom is -0.494 e. The van der Waals surface area contributed by atoms with Crippen LogP contribution in [0.2, 0.25) is 0 Å². The molecule has 6 nitrogen and oxygen atoms in total. The zero-order valence-electron chi connectivity index (χ0n) is 15.1. The normalized spacial score (nSPS) is 11.1. The number of benzene rings is 1. The van der Waals surface area contributed by atoms with Gasteiger partial charge in [-0.25, -0.2) is 4.98 Å². The molecule has 0 spiro atoms. The van der Waals surface area contributed by atoms with Gasteiger partial charge in [0.15, 0.2) is 5.96 Å². The first-order valence-corrected chi connectivity index (χ1v) is 8.55. The van der Waals surface area contributed by atoms with Gasteiger partial charge in [-0.2, -0.15) is 0 Å². The fourth-order valence-corrected chi connectivity index (χ4v) is 2.16. The van der Waals surface area contributed by atoms with E-state index in [9.17, 15) is 0 Å². The summed E-state index contributed by atoms with van der Waals surface area (Å²) in [6.45, 7) is 6.26. The van der Waals surface area contributed by atoms with Gasteiger partial charge in [-0.3, -0.25) is 4.99 Å². The highest BCUT2D eigenvalue weighted by molar-refractivity contribution is 5.79. The Morgan fingerprint density at radius 3 is 2.52 bits per heavy atom. The zero-order valence-corrected chi connectivity index (χ0v) is 15.1. The van der Waals surface area contributed by atoms with E-state index in [0.29, 0.717) is 19.0 Å². The average Bonchev–Trinajstić information content (AvgIpc) is 2.64. The third-order valence-electron chi connectivity index (χ3n) is 3.38. The molecular weight excluding hydrogens is 316 g/mol. The highest BCUT2D eigenvalue weighted by atomic mass is 16.5. The fraction of sp³-hybridized carbons (Fsp3) is 0.368. The van der Waals surface area contributed by atoms with Crippen LogP contribution in [0.4, 0.5) is 0 Å². The number of hydrogen-bond acceptors (Lipinski definition) is 4. The number of rotatable bonds is 8. The molecule has 0 fully saturated rings. The average molecular weight is 342 g/mol. The lowest BCUT2D eigenvalue weighted by atomic mass is 10.2. The molecule has 2 rings (SSSR count). The molecule has 0 aliphatic carbocycles. The van der Waals surface area contributed by atoms with Gasteiger partial charge in [-0.1, -0.05) is 6.92 Å². The molecule has 0 saturated heterocycles. The Morgan fingerprint density at radius 1 is 1.08 bits per heavy atom. The van der Waals surface area contributed by atoms with Gasteiger partial charge < -0.3 is 20.1 Å². The van der Waals surface area contributed by atoms with Gasteiger partial charge in [0.25, 0.3) is 0 Å². The molecule has 6 heteroatoms. The molecule has 134 valence electrons. The van der Waals surface area contributed by atoms with E-state index < -0.39 is 0 Å². The summed E-state index contributed by atoms with van der Waals surface area (Å²) in [4.78, 5) is 8.45. The predicted octanol–water partition coefficient (Wildman–Crippen LogP) is 3.35. The minimum absolute atomic E-state index is 0.556. The Kier molecular flexibility index (Phi) is 7.56. The molecular formula is C19H26N4O2. The van der Waals surface area contributed by atoms with Crippen LogP contribution in [-0.2, 0) is 6.54 Å². The second kappa shape index (κ2) is 10.2. The van der Waals surface area contributed by atoms with E-state index in [1.807, 2.05) is 43.3 Å². The maximum absolute atomic E-state index is 5.81. The van der Waals surface area contributed by atoms with E-state index in [1.165, 1.54) is 0 Å². The lowest BCUT2D eigenvalue weighted by molar-refractivity contribution is 0.339. The van der Waals surface area contributed by atoms with Gasteiger partial charge in [0.05, 0.1) is 6.61 Å². The Balaban J connectivity index is 1.94. The van der Waals surface area contributed by atoms with Crippen molar-refractivity contribution in [1.82, 2.24) is 15.6 Å². The molecule has 0 aliphatic heterocycles. The Bertz CT molecular complexity index is 671. The summed E-state index contributed by atoms with van der Waals surface area (Å²) in [5, 5.41) is 6.51. The molecule has 25 heavy (non-hydrogen) atoms. The lowest BCUT2D eigenvalue weighted by Crippen LogP contribution is -2.37. The Morgan fingerprint density at radius 2 is 1.84 bits per heavy atom. The number of nitrogens with one attached hydrogen (secondary N) is 2. The molecule has 0 unspecified atom stereocenters. The van der Waals surface area contributed by atoms with Crippen molar-refractivity contribution in [3.05, 3.63) is 48.2 Å². The Hall–Kier alpha value is -2.76. The molecule has 1 heterocycles. The first-order chi connectivity index (χ1) is 12.2. The summed E-state index contributed by atoms with van der Waals surface area (Å²) < 4.78 is 11.2. The van der Waals surface area contributed by atoms with Crippen LogP contribution in [0.5, 0.6) is 17.4 Å². The largest absolute Gasteiger partial charge is 0.494 e. The van der Waals surface area contributed by atoms with E-state index in [0.717, 1.165) is 36.0 Å². The number of guanidine groups is 1. The van der Waals surface area contributed by atoms with Gasteiger partial charge in [-0.15, -0.1) is 0 Å². The van der Waals surface area contributed by atoms with E-state index in [1.54, 1.807) is 13.2 Å². The van der Waals surface area contributed by atoms with Gasteiger partial charge in [0.2, 0.25) is 5.88 Å². The standard InChI is InChI=1S/C19H26N4O2/c1-4-11-22-19(20-3)23-14-15-10-12-21-18(13-15)25-17-8-6-16(7-9-17)24-5-2/h6-10,12-13H,4-5,11,14H2,1-3H3,(H2,20,22,23). The van der Waals surface area contributed by atoms with Crippen LogP contribution in [-0.4, -0.2) is 31.1 Å². The van der Waals surface area contributed by atoms with Crippen LogP contribution in [0.15, 0.2) is 47.6 Å². The van der Waals surface area contributed by atoms with Crippen molar-refractivity contribution < 1.29 is 9.47 Å². The summed E-state index contributed by atoms with van der Waals surface area (Å²) in [5.41, 5.74) is 1.07. The number of aliphatic imine (C=N–C) groups is 1. The number of hydrogen-bond donors (Lipinski definition) is 2. The smallest absolute Gasteiger partial charge is 0.219 e. The molecule has 1 aromatic carbocycles. The van der Waals surface area contributed by atoms with Crippen molar-refractivity contribution >= 4 is 5.96 Å². The van der Waals surface area contributed by atoms with Crippen LogP contribution in [0.1, 0.15) is 25.8 Å². The molecule has 0 bridgehead atoms. The van der Waals surface area contributed by atoms with Crippen molar-refractivity contribution in [2.24, 2.45) is 4.99 Å². The summed E-state index contributed by atoms with van der Waals surface area (Å²) >= 11 is 0. The van der Waals surface area contributed by atoms with Crippen LogP contribution in [0.3, 0.4) is 0 Å². The molecule has 1 aromatic heterocycles. The molecule has 0 aliphatic rings. The van der Waals surface area contributed by atoms with Gasteiger partial charge in [0.1, 0.15) is 11.5 Å². The second-order valence-corrected chi connectivity index (χ2v) is 5.36. The van der Waals surface area contributed by atoms with Crippen LogP contribution in [0, 0.1) is 0 Å². The highest BCUT2D eigenvalue weighted by Gasteiger charge is 2.03. The fourth-order valence-electron chi connectivity index (χ4n) is 2.16. The van der Waals surface area contributed by atoms with E-state index >= 15 is 0 Å². The predicted molar refractivity (Wildman–Crippen MR) is 100 cm³/mol. The maximum Gasteiger partial charge on any atom is 0.219 e. The lowest BCUT2D eigenvalue weighted by Gasteiger charge is -2.12. The minimum atomic E-state index is 0.556. The van der Waals surface area contributed by atoms with Crippen molar-refractivity contribution in [2.75, 3.05) is 20.2 Å². The van der Waals surface area contributed by atoms with Gasteiger partial charge in [0, 0.05) is 32.4 Å². The summed E-state index contributed by atoms with van der Waals surface area (Å²) in [6.07, 6.45) is 2.79. The van der Waals surface area contributed by atoms with Crippen LogP contribution >= 0.6 is 0 Å². The van der Waals surface area contributed by atoms with E-state index in [-0.39, 0.29) is 0 Å². The van der Waals surface area contributed by atoms with Crippen molar-refractivity contribution in [3.8, 4) is 17.4 Å². The molecule has 2 aromatic rings. The molecule has 0 radical (unpaired) electrons. The topological polar surface area (TPSA) is 67.8 Å². The molecule has 0 atom stereocenters. The van der Waals surface area contributed by atoms with Gasteiger partial charge >= 0.3 is 0 Å². The molecule has 0 saturated carbocycles. The summed E-state index contributed by atoms with van der Waals surface area (Å²) in [7, 11) is 1.76. The first-order valence-electron chi connectivity index (χ1n) is 8.55. The summed E-state index contributed by atoms with van der Waals surface area (Å²) in [5.74, 6) is 2.89. The molecule has 0 amide bonds. The highest BCUT2D eigenvalue weighted by Crippen LogP contribution is 2.23.